The Morgan fingerprint density at radius 3 is 2.67 bits per heavy atom. The van der Waals surface area contributed by atoms with Gasteiger partial charge in [-0.1, -0.05) is 30.3 Å². The Bertz CT molecular complexity index is 847. The second kappa shape index (κ2) is 6.83. The quantitative estimate of drug-likeness (QED) is 0.852. The number of amides is 1. The number of aryl methyl sites for hydroxylation is 2. The van der Waals surface area contributed by atoms with Crippen molar-refractivity contribution in [2.45, 2.75) is 57.7 Å². The van der Waals surface area contributed by atoms with Crippen LogP contribution in [0.25, 0.3) is 0 Å². The van der Waals surface area contributed by atoms with Gasteiger partial charge in [-0.15, -0.1) is 0 Å². The standard InChI is InChI=1S/C21H25N3O3/c1-15-9-11-22-23(15)12-10-19(25)24-17-7-8-18(24)21(14-17,20(26)27)13-16-5-3-2-4-6-16/h2-6,9,11,17-18H,7-8,10,12-14H2,1H3,(H,26,27)/t17-,18+,21+/m0/s1. The molecule has 1 aromatic carbocycles. The van der Waals surface area contributed by atoms with Gasteiger partial charge in [0.1, 0.15) is 0 Å². The topological polar surface area (TPSA) is 75.4 Å². The largest absolute Gasteiger partial charge is 0.481 e. The van der Waals surface area contributed by atoms with E-state index < -0.39 is 11.4 Å². The highest BCUT2D eigenvalue weighted by atomic mass is 16.4. The van der Waals surface area contributed by atoms with Gasteiger partial charge in [-0.05, 0) is 44.2 Å². The monoisotopic (exact) mass is 367 g/mol. The Kier molecular flexibility index (Phi) is 4.50. The minimum absolute atomic E-state index is 0.0426. The van der Waals surface area contributed by atoms with Crippen molar-refractivity contribution in [3.63, 3.8) is 0 Å². The lowest BCUT2D eigenvalue weighted by Crippen LogP contribution is -2.46. The molecule has 27 heavy (non-hydrogen) atoms. The maximum absolute atomic E-state index is 13.0. The molecule has 1 amide bonds. The molecule has 3 heterocycles. The van der Waals surface area contributed by atoms with Crippen molar-refractivity contribution in [3.05, 3.63) is 53.9 Å². The fraction of sp³-hybridized carbons (Fsp3) is 0.476. The van der Waals surface area contributed by atoms with Gasteiger partial charge < -0.3 is 10.0 Å². The maximum atomic E-state index is 13.0. The van der Waals surface area contributed by atoms with Crippen molar-refractivity contribution >= 4 is 11.9 Å². The summed E-state index contributed by atoms with van der Waals surface area (Å²) in [6.07, 6.45) is 4.80. The Balaban J connectivity index is 1.53. The van der Waals surface area contributed by atoms with Crippen LogP contribution in [0.15, 0.2) is 42.6 Å². The van der Waals surface area contributed by atoms with E-state index in [0.717, 1.165) is 24.1 Å². The Hall–Kier alpha value is -2.63. The van der Waals surface area contributed by atoms with Crippen LogP contribution >= 0.6 is 0 Å². The van der Waals surface area contributed by atoms with E-state index in [1.165, 1.54) is 0 Å². The van der Waals surface area contributed by atoms with Crippen LogP contribution in [0.3, 0.4) is 0 Å². The molecule has 4 rings (SSSR count). The lowest BCUT2D eigenvalue weighted by Gasteiger charge is -2.33. The van der Waals surface area contributed by atoms with Crippen LogP contribution in [0.4, 0.5) is 0 Å². The normalized spacial score (nSPS) is 26.5. The molecule has 2 aliphatic rings. The summed E-state index contributed by atoms with van der Waals surface area (Å²) in [5.41, 5.74) is 1.17. The summed E-state index contributed by atoms with van der Waals surface area (Å²) >= 11 is 0. The Labute approximate surface area is 158 Å². The molecule has 2 fully saturated rings. The highest BCUT2D eigenvalue weighted by molar-refractivity contribution is 5.83. The minimum atomic E-state index is -0.873. The molecule has 1 aromatic heterocycles. The van der Waals surface area contributed by atoms with Crippen LogP contribution in [-0.4, -0.2) is 43.7 Å². The number of carbonyl (C=O) groups excluding carboxylic acids is 1. The first-order valence-corrected chi connectivity index (χ1v) is 9.58. The van der Waals surface area contributed by atoms with E-state index in [4.69, 9.17) is 0 Å². The third-order valence-corrected chi connectivity index (χ3v) is 6.28. The lowest BCUT2D eigenvalue weighted by molar-refractivity contribution is -0.151. The van der Waals surface area contributed by atoms with Crippen molar-refractivity contribution in [1.29, 1.82) is 0 Å². The molecule has 2 saturated heterocycles. The molecular formula is C21H25N3O3. The molecule has 0 radical (unpaired) electrons. The third kappa shape index (κ3) is 3.03. The molecule has 1 N–H and O–H groups in total. The van der Waals surface area contributed by atoms with Crippen molar-refractivity contribution < 1.29 is 14.7 Å². The molecule has 2 aliphatic heterocycles. The molecule has 0 aliphatic carbocycles. The summed E-state index contributed by atoms with van der Waals surface area (Å²) in [6.45, 7) is 2.50. The summed E-state index contributed by atoms with van der Waals surface area (Å²) < 4.78 is 1.82. The smallest absolute Gasteiger partial charge is 0.312 e. The number of rotatable bonds is 6. The second-order valence-electron chi connectivity index (χ2n) is 7.82. The summed E-state index contributed by atoms with van der Waals surface area (Å²) in [5.74, 6) is -0.729. The highest BCUT2D eigenvalue weighted by Gasteiger charge is 2.61. The predicted molar refractivity (Wildman–Crippen MR) is 100 cm³/mol. The molecule has 6 heteroatoms. The molecule has 0 spiro atoms. The van der Waals surface area contributed by atoms with Crippen LogP contribution < -0.4 is 0 Å². The zero-order valence-electron chi connectivity index (χ0n) is 15.5. The van der Waals surface area contributed by atoms with Crippen LogP contribution in [0, 0.1) is 12.3 Å². The molecule has 0 saturated carbocycles. The van der Waals surface area contributed by atoms with Crippen LogP contribution in [0.2, 0.25) is 0 Å². The first-order chi connectivity index (χ1) is 13.0. The number of nitrogens with zero attached hydrogens (tertiary/aromatic N) is 3. The molecule has 6 nitrogen and oxygen atoms in total. The fourth-order valence-corrected chi connectivity index (χ4v) is 4.98. The number of carbonyl (C=O) groups is 2. The van der Waals surface area contributed by atoms with Gasteiger partial charge in [0.05, 0.1) is 5.41 Å². The van der Waals surface area contributed by atoms with Gasteiger partial charge in [-0.2, -0.15) is 5.10 Å². The van der Waals surface area contributed by atoms with E-state index in [0.29, 0.717) is 25.8 Å². The SMILES string of the molecule is Cc1ccnn1CCC(=O)N1[C@H]2CC[C@@H]1[C@](Cc1ccccc1)(C(=O)O)C2. The van der Waals surface area contributed by atoms with E-state index in [1.54, 1.807) is 6.20 Å². The predicted octanol–water partition coefficient (Wildman–Crippen LogP) is 2.66. The molecule has 3 atom stereocenters. The van der Waals surface area contributed by atoms with Gasteiger partial charge in [0.25, 0.3) is 0 Å². The Morgan fingerprint density at radius 1 is 1.22 bits per heavy atom. The van der Waals surface area contributed by atoms with Crippen molar-refractivity contribution in [1.82, 2.24) is 14.7 Å². The number of carboxylic acids is 1. The van der Waals surface area contributed by atoms with Gasteiger partial charge in [0.2, 0.25) is 5.91 Å². The van der Waals surface area contributed by atoms with Crippen molar-refractivity contribution in [3.8, 4) is 0 Å². The summed E-state index contributed by atoms with van der Waals surface area (Å²) in [7, 11) is 0. The molecule has 2 bridgehead atoms. The van der Waals surface area contributed by atoms with E-state index in [1.807, 2.05) is 52.9 Å². The number of aromatic nitrogens is 2. The molecule has 2 aromatic rings. The first kappa shape index (κ1) is 17.8. The number of benzene rings is 1. The van der Waals surface area contributed by atoms with Crippen LogP contribution in [0.5, 0.6) is 0 Å². The maximum Gasteiger partial charge on any atom is 0.312 e. The number of hydrogen-bond donors (Lipinski definition) is 1. The van der Waals surface area contributed by atoms with E-state index in [9.17, 15) is 14.7 Å². The zero-order chi connectivity index (χ0) is 19.0. The highest BCUT2D eigenvalue weighted by Crippen LogP contribution is 2.52. The number of carboxylic acid groups (broad SMARTS) is 1. The van der Waals surface area contributed by atoms with Crippen molar-refractivity contribution in [2.24, 2.45) is 5.41 Å². The first-order valence-electron chi connectivity index (χ1n) is 9.58. The minimum Gasteiger partial charge on any atom is -0.481 e. The third-order valence-electron chi connectivity index (χ3n) is 6.28. The summed E-state index contributed by atoms with van der Waals surface area (Å²) in [5, 5.41) is 14.3. The molecule has 142 valence electrons. The van der Waals surface area contributed by atoms with Gasteiger partial charge in [0.15, 0.2) is 0 Å². The number of fused-ring (bicyclic) bond motifs is 2. The summed E-state index contributed by atoms with van der Waals surface area (Å²) in [6, 6.07) is 11.5. The number of aliphatic carboxylic acids is 1. The summed E-state index contributed by atoms with van der Waals surface area (Å²) in [4.78, 5) is 27.2. The average molecular weight is 367 g/mol. The fourth-order valence-electron chi connectivity index (χ4n) is 4.98. The van der Waals surface area contributed by atoms with Crippen LogP contribution in [-0.2, 0) is 22.6 Å². The Morgan fingerprint density at radius 2 is 2.00 bits per heavy atom. The average Bonchev–Trinajstić information content (AvgIpc) is 3.34. The molecular weight excluding hydrogens is 342 g/mol. The van der Waals surface area contributed by atoms with E-state index >= 15 is 0 Å². The second-order valence-corrected chi connectivity index (χ2v) is 7.82. The van der Waals surface area contributed by atoms with Gasteiger partial charge in [-0.25, -0.2) is 0 Å². The number of hydrogen-bond acceptors (Lipinski definition) is 3. The molecule has 0 unspecified atom stereocenters. The van der Waals surface area contributed by atoms with Gasteiger partial charge in [0, 0.05) is 36.9 Å². The van der Waals surface area contributed by atoms with Crippen molar-refractivity contribution in [2.75, 3.05) is 0 Å². The van der Waals surface area contributed by atoms with E-state index in [2.05, 4.69) is 5.10 Å². The van der Waals surface area contributed by atoms with E-state index in [-0.39, 0.29) is 18.0 Å². The zero-order valence-corrected chi connectivity index (χ0v) is 15.5. The van der Waals surface area contributed by atoms with Gasteiger partial charge in [-0.3, -0.25) is 14.3 Å². The van der Waals surface area contributed by atoms with Crippen LogP contribution in [0.1, 0.15) is 36.9 Å². The lowest BCUT2D eigenvalue weighted by atomic mass is 9.70. The van der Waals surface area contributed by atoms with Gasteiger partial charge >= 0.3 is 5.97 Å².